The molecule has 1 aliphatic rings. The predicted molar refractivity (Wildman–Crippen MR) is 145 cm³/mol. The van der Waals surface area contributed by atoms with Crippen LogP contribution in [0.1, 0.15) is 120 Å². The molecule has 1 aliphatic heterocycles. The van der Waals surface area contributed by atoms with Crippen molar-refractivity contribution < 1.29 is 25.2 Å². The third-order valence-corrected chi connectivity index (χ3v) is 7.58. The van der Waals surface area contributed by atoms with Gasteiger partial charge in [0, 0.05) is 0 Å². The highest BCUT2D eigenvalue weighted by atomic mass is 16.5. The first kappa shape index (κ1) is 32.0. The molecule has 35 heavy (non-hydrogen) atoms. The molecule has 0 aromatic heterocycles. The molecule has 0 unspecified atom stereocenters. The molecule has 0 aromatic carbocycles. The van der Waals surface area contributed by atoms with Gasteiger partial charge in [0.2, 0.25) is 0 Å². The Morgan fingerprint density at radius 2 is 1.49 bits per heavy atom. The Morgan fingerprint density at radius 1 is 0.914 bits per heavy atom. The lowest BCUT2D eigenvalue weighted by Crippen LogP contribution is -2.44. The van der Waals surface area contributed by atoms with Crippen molar-refractivity contribution >= 4 is 0 Å². The predicted octanol–water partition coefficient (Wildman–Crippen LogP) is 6.15. The van der Waals surface area contributed by atoms with Gasteiger partial charge >= 0.3 is 0 Å². The Hall–Kier alpha value is -0.980. The summed E-state index contributed by atoms with van der Waals surface area (Å²) in [6.45, 7) is 15.7. The molecule has 5 heteroatoms. The van der Waals surface area contributed by atoms with Crippen LogP contribution >= 0.6 is 0 Å². The van der Waals surface area contributed by atoms with Crippen LogP contribution in [-0.2, 0) is 4.74 Å². The molecule has 0 bridgehead atoms. The van der Waals surface area contributed by atoms with E-state index in [-0.39, 0.29) is 6.10 Å². The molecule has 0 aromatic rings. The zero-order valence-corrected chi connectivity index (χ0v) is 23.7. The molecule has 5 nitrogen and oxygen atoms in total. The molecular weight excluding hydrogens is 440 g/mol. The summed E-state index contributed by atoms with van der Waals surface area (Å²) in [6.07, 6.45) is 11.4. The van der Waals surface area contributed by atoms with Crippen LogP contribution in [0.15, 0.2) is 34.9 Å². The van der Waals surface area contributed by atoms with E-state index in [4.69, 9.17) is 4.74 Å². The van der Waals surface area contributed by atoms with E-state index < -0.39 is 29.0 Å². The summed E-state index contributed by atoms with van der Waals surface area (Å²) in [4.78, 5) is 0. The fourth-order valence-corrected chi connectivity index (χ4v) is 4.75. The highest BCUT2D eigenvalue weighted by Crippen LogP contribution is 2.40. The maximum absolute atomic E-state index is 10.9. The van der Waals surface area contributed by atoms with Gasteiger partial charge in [0.05, 0.1) is 35.1 Å². The SMILES string of the molecule is CC(C)=CCC[C@](C)(O)[C@H]1CC[C@](C)([C@@H](O)CC/C=C(\C)CC[C@@H](O)[C@](C)(O)CCC=C(C)C)O1. The van der Waals surface area contributed by atoms with Crippen LogP contribution in [0, 0.1) is 0 Å². The van der Waals surface area contributed by atoms with Crippen LogP contribution in [0.5, 0.6) is 0 Å². The molecular formula is C30H54O5. The van der Waals surface area contributed by atoms with E-state index in [9.17, 15) is 20.4 Å². The number of rotatable bonds is 15. The molecule has 1 saturated heterocycles. The third-order valence-electron chi connectivity index (χ3n) is 7.58. The normalized spacial score (nSPS) is 25.9. The largest absolute Gasteiger partial charge is 0.390 e. The summed E-state index contributed by atoms with van der Waals surface area (Å²) in [5, 5.41) is 42.9. The van der Waals surface area contributed by atoms with Crippen molar-refractivity contribution in [3.8, 4) is 0 Å². The van der Waals surface area contributed by atoms with Gasteiger partial charge in [-0.05, 0) is 120 Å². The first-order valence-corrected chi connectivity index (χ1v) is 13.5. The summed E-state index contributed by atoms with van der Waals surface area (Å²) >= 11 is 0. The van der Waals surface area contributed by atoms with Crippen molar-refractivity contribution in [3.63, 3.8) is 0 Å². The second-order valence-electron chi connectivity index (χ2n) is 12.0. The Balaban J connectivity index is 2.49. The number of allylic oxidation sites excluding steroid dienone is 6. The summed E-state index contributed by atoms with van der Waals surface area (Å²) in [5.74, 6) is 0. The van der Waals surface area contributed by atoms with Gasteiger partial charge in [0.1, 0.15) is 0 Å². The molecule has 6 atom stereocenters. The minimum Gasteiger partial charge on any atom is -0.390 e. The lowest BCUT2D eigenvalue weighted by Gasteiger charge is -2.35. The van der Waals surface area contributed by atoms with Crippen molar-refractivity contribution in [2.24, 2.45) is 0 Å². The second kappa shape index (κ2) is 14.1. The minimum absolute atomic E-state index is 0.268. The quantitative estimate of drug-likeness (QED) is 0.205. The lowest BCUT2D eigenvalue weighted by atomic mass is 9.88. The number of hydrogen-bond acceptors (Lipinski definition) is 5. The van der Waals surface area contributed by atoms with Crippen molar-refractivity contribution in [2.45, 2.75) is 155 Å². The topological polar surface area (TPSA) is 90.2 Å². The molecule has 204 valence electrons. The summed E-state index contributed by atoms with van der Waals surface area (Å²) < 4.78 is 6.25. The molecule has 1 fully saturated rings. The molecule has 0 aliphatic carbocycles. The van der Waals surface area contributed by atoms with Gasteiger partial charge in [-0.2, -0.15) is 0 Å². The average Bonchev–Trinajstić information content (AvgIpc) is 3.15. The number of aliphatic hydroxyl groups excluding tert-OH is 2. The van der Waals surface area contributed by atoms with Crippen LogP contribution in [-0.4, -0.2) is 55.5 Å². The maximum atomic E-state index is 10.9. The molecule has 4 N–H and O–H groups in total. The number of ether oxygens (including phenoxy) is 1. The fourth-order valence-electron chi connectivity index (χ4n) is 4.75. The van der Waals surface area contributed by atoms with Crippen molar-refractivity contribution in [2.75, 3.05) is 0 Å². The summed E-state index contributed by atoms with van der Waals surface area (Å²) in [7, 11) is 0. The van der Waals surface area contributed by atoms with Crippen LogP contribution in [0.4, 0.5) is 0 Å². The van der Waals surface area contributed by atoms with Crippen LogP contribution in [0.3, 0.4) is 0 Å². The number of hydrogen-bond donors (Lipinski definition) is 4. The van der Waals surface area contributed by atoms with E-state index >= 15 is 0 Å². The summed E-state index contributed by atoms with van der Waals surface area (Å²) in [5.41, 5.74) is 0.958. The fraction of sp³-hybridized carbons (Fsp3) is 0.800. The zero-order valence-electron chi connectivity index (χ0n) is 23.7. The van der Waals surface area contributed by atoms with Crippen LogP contribution in [0.2, 0.25) is 0 Å². The zero-order chi connectivity index (χ0) is 26.9. The van der Waals surface area contributed by atoms with Gasteiger partial charge in [-0.3, -0.25) is 0 Å². The lowest BCUT2D eigenvalue weighted by molar-refractivity contribution is -0.160. The van der Waals surface area contributed by atoms with Crippen molar-refractivity contribution in [1.29, 1.82) is 0 Å². The first-order valence-electron chi connectivity index (χ1n) is 13.5. The molecule has 1 heterocycles. The van der Waals surface area contributed by atoms with Crippen molar-refractivity contribution in [1.82, 2.24) is 0 Å². The van der Waals surface area contributed by atoms with E-state index in [2.05, 4.69) is 32.1 Å². The third kappa shape index (κ3) is 11.3. The molecule has 0 saturated carbocycles. The van der Waals surface area contributed by atoms with E-state index in [1.807, 2.05) is 34.6 Å². The van der Waals surface area contributed by atoms with Gasteiger partial charge in [-0.15, -0.1) is 0 Å². The Kier molecular flexibility index (Phi) is 12.9. The molecule has 0 spiro atoms. The summed E-state index contributed by atoms with van der Waals surface area (Å²) in [6, 6.07) is 0. The van der Waals surface area contributed by atoms with Crippen molar-refractivity contribution in [3.05, 3.63) is 34.9 Å². The monoisotopic (exact) mass is 494 g/mol. The molecule has 0 radical (unpaired) electrons. The molecule has 1 rings (SSSR count). The highest BCUT2D eigenvalue weighted by molar-refractivity contribution is 5.03. The smallest absolute Gasteiger partial charge is 0.0918 e. The minimum atomic E-state index is -1.10. The number of aliphatic hydroxyl groups is 4. The highest BCUT2D eigenvalue weighted by Gasteiger charge is 2.47. The van der Waals surface area contributed by atoms with E-state index in [1.165, 1.54) is 11.1 Å². The Morgan fingerprint density at radius 3 is 2.06 bits per heavy atom. The van der Waals surface area contributed by atoms with E-state index in [0.717, 1.165) is 37.7 Å². The molecule has 0 amide bonds. The standard InChI is InChI=1S/C30H54O5/c1-22(2)12-10-19-28(6,33)25(31)17-16-24(5)14-9-15-26(32)30(8)21-18-27(35-30)29(7,34)20-11-13-23(3)4/h12-14,25-27,31-34H,9-11,15-21H2,1-8H3/b24-14+/t25-,26+,27-,28-,29+,30-/m1/s1. The van der Waals surface area contributed by atoms with E-state index in [0.29, 0.717) is 32.1 Å². The maximum Gasteiger partial charge on any atom is 0.0918 e. The first-order chi connectivity index (χ1) is 16.1. The van der Waals surface area contributed by atoms with Crippen LogP contribution < -0.4 is 0 Å². The van der Waals surface area contributed by atoms with Gasteiger partial charge in [0.25, 0.3) is 0 Å². The van der Waals surface area contributed by atoms with Gasteiger partial charge in [0.15, 0.2) is 0 Å². The second-order valence-corrected chi connectivity index (χ2v) is 12.0. The Labute approximate surface area is 215 Å². The Bertz CT molecular complexity index is 725. The average molecular weight is 495 g/mol. The van der Waals surface area contributed by atoms with Gasteiger partial charge in [-0.1, -0.05) is 34.9 Å². The van der Waals surface area contributed by atoms with Crippen LogP contribution in [0.25, 0.3) is 0 Å². The van der Waals surface area contributed by atoms with Gasteiger partial charge < -0.3 is 25.2 Å². The van der Waals surface area contributed by atoms with E-state index in [1.54, 1.807) is 6.92 Å². The van der Waals surface area contributed by atoms with Gasteiger partial charge in [-0.25, -0.2) is 0 Å².